The fourth-order valence-corrected chi connectivity index (χ4v) is 2.96. The molecule has 5 nitrogen and oxygen atoms in total. The van der Waals surface area contributed by atoms with Crippen LogP contribution in [0.3, 0.4) is 0 Å². The molecule has 0 saturated carbocycles. The smallest absolute Gasteiger partial charge is 0.340 e. The van der Waals surface area contributed by atoms with E-state index in [1.54, 1.807) is 18.5 Å². The van der Waals surface area contributed by atoms with Crippen LogP contribution in [0.15, 0.2) is 33.5 Å². The Morgan fingerprint density at radius 1 is 1.47 bits per heavy atom. The van der Waals surface area contributed by atoms with Crippen LogP contribution in [-0.2, 0) is 11.3 Å². The Hall–Kier alpha value is -1.34. The average molecular weight is 389 g/mol. The number of benzene rings is 1. The summed E-state index contributed by atoms with van der Waals surface area (Å²) in [5.41, 5.74) is 1.13. The van der Waals surface area contributed by atoms with E-state index < -0.39 is 5.97 Å². The van der Waals surface area contributed by atoms with Crippen LogP contribution in [0.4, 0.5) is 5.69 Å². The van der Waals surface area contributed by atoms with E-state index in [0.29, 0.717) is 17.8 Å². The van der Waals surface area contributed by atoms with E-state index in [1.165, 1.54) is 7.11 Å². The van der Waals surface area contributed by atoms with Crippen molar-refractivity contribution in [3.63, 3.8) is 0 Å². The highest BCUT2D eigenvalue weighted by Gasteiger charge is 2.16. The van der Waals surface area contributed by atoms with E-state index in [-0.39, 0.29) is 0 Å². The Morgan fingerprint density at radius 2 is 2.26 bits per heavy atom. The van der Waals surface area contributed by atoms with Gasteiger partial charge in [0.2, 0.25) is 0 Å². The fraction of sp³-hybridized carbons (Fsp3) is 0.167. The number of carbonyl (C=O) groups excluding carboxylic acids is 1. The van der Waals surface area contributed by atoms with Crippen LogP contribution in [0.2, 0.25) is 0 Å². The number of esters is 1. The zero-order valence-corrected chi connectivity index (χ0v) is 13.2. The van der Waals surface area contributed by atoms with Gasteiger partial charge in [0, 0.05) is 21.3 Å². The minimum absolute atomic E-state index is 0.399. The number of nitrogens with one attached hydrogen (secondary N) is 2. The third-order valence-corrected chi connectivity index (χ3v) is 3.53. The number of methoxy groups -OCH3 is 1. The molecular formula is C12H11Br2N3O2. The molecule has 0 bridgehead atoms. The van der Waals surface area contributed by atoms with Crippen LogP contribution in [0.5, 0.6) is 0 Å². The molecule has 0 saturated heterocycles. The van der Waals surface area contributed by atoms with E-state index >= 15 is 0 Å². The van der Waals surface area contributed by atoms with E-state index in [4.69, 9.17) is 4.74 Å². The van der Waals surface area contributed by atoms with Crippen LogP contribution in [0.1, 0.15) is 16.2 Å². The van der Waals surface area contributed by atoms with Crippen molar-refractivity contribution in [2.75, 3.05) is 12.4 Å². The first-order valence-corrected chi connectivity index (χ1v) is 7.00. The van der Waals surface area contributed by atoms with Gasteiger partial charge in [0.05, 0.1) is 24.9 Å². The molecule has 0 aliphatic rings. The average Bonchev–Trinajstić information content (AvgIpc) is 2.89. The normalized spacial score (nSPS) is 10.3. The van der Waals surface area contributed by atoms with Crippen LogP contribution in [0, 0.1) is 0 Å². The standard InChI is InChI=1S/C12H11Br2N3O2/c1-19-12(18)8-4-7(13)5-9(14)11(8)17-6-10-15-2-3-16-10/h2-5,17H,6H2,1H3,(H,15,16). The number of carbonyl (C=O) groups is 1. The molecule has 0 aliphatic heterocycles. The van der Waals surface area contributed by atoms with Crippen molar-refractivity contribution in [2.45, 2.75) is 6.54 Å². The maximum atomic E-state index is 11.8. The molecule has 1 heterocycles. The zero-order chi connectivity index (χ0) is 13.8. The number of halogens is 2. The number of nitrogens with zero attached hydrogens (tertiary/aromatic N) is 1. The van der Waals surface area contributed by atoms with E-state index in [2.05, 4.69) is 47.1 Å². The predicted octanol–water partition coefficient (Wildman–Crippen LogP) is 3.33. The van der Waals surface area contributed by atoms with Gasteiger partial charge in [0.15, 0.2) is 0 Å². The van der Waals surface area contributed by atoms with Crippen molar-refractivity contribution in [1.29, 1.82) is 0 Å². The molecule has 19 heavy (non-hydrogen) atoms. The number of anilines is 1. The Kier molecular flexibility index (Phi) is 4.60. The summed E-state index contributed by atoms with van der Waals surface area (Å²) < 4.78 is 6.35. The molecule has 0 aliphatic carbocycles. The molecule has 2 aromatic rings. The van der Waals surface area contributed by atoms with E-state index in [0.717, 1.165) is 14.8 Å². The number of hydrogen-bond donors (Lipinski definition) is 2. The molecule has 2 N–H and O–H groups in total. The Bertz CT molecular complexity index is 585. The minimum atomic E-state index is -0.399. The minimum Gasteiger partial charge on any atom is -0.465 e. The van der Waals surface area contributed by atoms with Crippen LogP contribution < -0.4 is 5.32 Å². The highest BCUT2D eigenvalue weighted by atomic mass is 79.9. The maximum Gasteiger partial charge on any atom is 0.340 e. The number of aromatic amines is 1. The first-order chi connectivity index (χ1) is 9.11. The molecule has 7 heteroatoms. The van der Waals surface area contributed by atoms with Gasteiger partial charge in [-0.3, -0.25) is 0 Å². The third kappa shape index (κ3) is 3.36. The quantitative estimate of drug-likeness (QED) is 0.788. The van der Waals surface area contributed by atoms with E-state index in [9.17, 15) is 4.79 Å². The van der Waals surface area contributed by atoms with Gasteiger partial charge in [-0.2, -0.15) is 0 Å². The number of imidazole rings is 1. The van der Waals surface area contributed by atoms with Gasteiger partial charge >= 0.3 is 5.97 Å². The molecule has 100 valence electrons. The molecule has 0 radical (unpaired) electrons. The molecule has 1 aromatic heterocycles. The lowest BCUT2D eigenvalue weighted by molar-refractivity contribution is 0.0601. The molecule has 1 aromatic carbocycles. The van der Waals surface area contributed by atoms with Crippen LogP contribution in [0.25, 0.3) is 0 Å². The lowest BCUT2D eigenvalue weighted by Crippen LogP contribution is -2.09. The fourth-order valence-electron chi connectivity index (χ4n) is 1.59. The van der Waals surface area contributed by atoms with Crippen molar-refractivity contribution in [2.24, 2.45) is 0 Å². The van der Waals surface area contributed by atoms with Crippen molar-refractivity contribution >= 4 is 43.5 Å². The summed E-state index contributed by atoms with van der Waals surface area (Å²) in [5, 5.41) is 3.16. The molecule has 2 rings (SSSR count). The first kappa shape index (κ1) is 14.1. The molecule has 0 atom stereocenters. The second-order valence-electron chi connectivity index (χ2n) is 3.69. The van der Waals surface area contributed by atoms with Gasteiger partial charge in [-0.1, -0.05) is 15.9 Å². The largest absolute Gasteiger partial charge is 0.465 e. The number of H-pyrrole nitrogens is 1. The molecule has 0 fully saturated rings. The summed E-state index contributed by atoms with van der Waals surface area (Å²) >= 11 is 6.78. The van der Waals surface area contributed by atoms with Crippen molar-refractivity contribution in [3.05, 3.63) is 44.9 Å². The summed E-state index contributed by atoms with van der Waals surface area (Å²) in [6, 6.07) is 3.57. The molecule has 0 spiro atoms. The zero-order valence-electron chi connectivity index (χ0n) is 10.0. The topological polar surface area (TPSA) is 67.0 Å². The second kappa shape index (κ2) is 6.21. The Morgan fingerprint density at radius 3 is 2.89 bits per heavy atom. The van der Waals surface area contributed by atoms with Gasteiger partial charge in [-0.05, 0) is 28.1 Å². The molecule has 0 amide bonds. The van der Waals surface area contributed by atoms with Gasteiger partial charge in [-0.15, -0.1) is 0 Å². The lowest BCUT2D eigenvalue weighted by atomic mass is 10.2. The molecular weight excluding hydrogens is 378 g/mol. The van der Waals surface area contributed by atoms with Crippen molar-refractivity contribution in [3.8, 4) is 0 Å². The van der Waals surface area contributed by atoms with Crippen molar-refractivity contribution in [1.82, 2.24) is 9.97 Å². The summed E-state index contributed by atoms with van der Waals surface area (Å²) in [7, 11) is 1.35. The summed E-state index contributed by atoms with van der Waals surface area (Å²) in [5.74, 6) is 0.384. The lowest BCUT2D eigenvalue weighted by Gasteiger charge is -2.12. The van der Waals surface area contributed by atoms with Crippen LogP contribution in [-0.4, -0.2) is 23.0 Å². The monoisotopic (exact) mass is 387 g/mol. The number of hydrogen-bond acceptors (Lipinski definition) is 4. The Labute approximate surface area is 127 Å². The van der Waals surface area contributed by atoms with Gasteiger partial charge in [0.1, 0.15) is 5.82 Å². The second-order valence-corrected chi connectivity index (χ2v) is 5.46. The Balaban J connectivity index is 2.29. The first-order valence-electron chi connectivity index (χ1n) is 5.41. The third-order valence-electron chi connectivity index (χ3n) is 2.45. The predicted molar refractivity (Wildman–Crippen MR) is 79.1 cm³/mol. The van der Waals surface area contributed by atoms with Gasteiger partial charge in [-0.25, -0.2) is 9.78 Å². The van der Waals surface area contributed by atoms with Gasteiger partial charge < -0.3 is 15.0 Å². The van der Waals surface area contributed by atoms with Gasteiger partial charge in [0.25, 0.3) is 0 Å². The number of rotatable bonds is 4. The van der Waals surface area contributed by atoms with E-state index in [1.807, 2.05) is 6.07 Å². The number of ether oxygens (including phenoxy) is 1. The highest BCUT2D eigenvalue weighted by molar-refractivity contribution is 9.11. The number of aromatic nitrogens is 2. The van der Waals surface area contributed by atoms with Crippen molar-refractivity contribution < 1.29 is 9.53 Å². The SMILES string of the molecule is COC(=O)c1cc(Br)cc(Br)c1NCc1ncc[nH]1. The maximum absolute atomic E-state index is 11.8. The summed E-state index contributed by atoms with van der Waals surface area (Å²) in [4.78, 5) is 18.9. The summed E-state index contributed by atoms with van der Waals surface area (Å²) in [6.07, 6.45) is 3.42. The van der Waals surface area contributed by atoms with Crippen LogP contribution >= 0.6 is 31.9 Å². The highest BCUT2D eigenvalue weighted by Crippen LogP contribution is 2.31. The summed E-state index contributed by atoms with van der Waals surface area (Å²) in [6.45, 7) is 0.483. The molecule has 0 unspecified atom stereocenters.